The van der Waals surface area contributed by atoms with Crippen LogP contribution >= 0.6 is 0 Å². The quantitative estimate of drug-likeness (QED) is 0.842. The number of ether oxygens (including phenoxy) is 1. The maximum Gasteiger partial charge on any atom is 0.341 e. The minimum absolute atomic E-state index is 0.0164. The second kappa shape index (κ2) is 7.60. The van der Waals surface area contributed by atoms with Crippen LogP contribution in [0, 0.1) is 0 Å². The third-order valence-corrected chi connectivity index (χ3v) is 4.56. The van der Waals surface area contributed by atoms with Gasteiger partial charge >= 0.3 is 5.76 Å². The zero-order valence-corrected chi connectivity index (χ0v) is 14.4. The average molecular weight is 369 g/mol. The lowest BCUT2D eigenvalue weighted by Gasteiger charge is -2.10. The first-order valence-corrected chi connectivity index (χ1v) is 8.95. The maximum atomic E-state index is 12.5. The van der Waals surface area contributed by atoms with E-state index >= 15 is 0 Å². The summed E-state index contributed by atoms with van der Waals surface area (Å²) in [6.07, 6.45) is 0.0164. The molecule has 0 unspecified atom stereocenters. The predicted octanol–water partition coefficient (Wildman–Crippen LogP) is 3.72. The normalized spacial score (nSPS) is 11.6. The molecule has 5 nitrogen and oxygen atoms in total. The second-order valence-corrected chi connectivity index (χ2v) is 7.39. The van der Waals surface area contributed by atoms with Crippen LogP contribution in [0.15, 0.2) is 53.4 Å². The molecule has 0 saturated heterocycles. The summed E-state index contributed by atoms with van der Waals surface area (Å²) in [5.41, 5.74) is 0.668. The lowest BCUT2D eigenvalue weighted by atomic mass is 10.2. The fourth-order valence-electron chi connectivity index (χ4n) is 1.99. The van der Waals surface area contributed by atoms with Crippen LogP contribution in [0.25, 0.3) is 0 Å². The van der Waals surface area contributed by atoms with Gasteiger partial charge in [-0.3, -0.25) is 4.79 Å². The summed E-state index contributed by atoms with van der Waals surface area (Å²) in [5, 5.41) is 2.56. The third-order valence-electron chi connectivity index (χ3n) is 3.16. The molecule has 2 rings (SSSR count). The second-order valence-electron chi connectivity index (χ2n) is 5.48. The minimum atomic E-state index is -4.65. The molecule has 1 N–H and O–H groups in total. The number of nitrogens with one attached hydrogen (secondary N) is 1. The van der Waals surface area contributed by atoms with Crippen LogP contribution in [0.5, 0.6) is 5.75 Å². The lowest BCUT2D eigenvalue weighted by Crippen LogP contribution is -2.13. The van der Waals surface area contributed by atoms with Crippen molar-refractivity contribution in [3.8, 4) is 5.75 Å². The molecule has 0 spiro atoms. The SMILES string of the molecule is CC(C)Oc1ccc(C(=O)Nc2ccc(S(=O)(=O)C(F)F)cc2)cc1. The van der Waals surface area contributed by atoms with Gasteiger partial charge in [-0.2, -0.15) is 8.78 Å². The Labute approximate surface area is 144 Å². The van der Waals surface area contributed by atoms with Crippen LogP contribution < -0.4 is 10.1 Å². The number of sulfone groups is 1. The van der Waals surface area contributed by atoms with Crippen LogP contribution in [0.4, 0.5) is 14.5 Å². The summed E-state index contributed by atoms with van der Waals surface area (Å²) in [5.74, 6) is -3.27. The van der Waals surface area contributed by atoms with Gasteiger partial charge in [-0.1, -0.05) is 0 Å². The molecule has 1 amide bonds. The summed E-state index contributed by atoms with van der Waals surface area (Å²) in [6.45, 7) is 3.77. The standard InChI is InChI=1S/C17H17F2NO4S/c1-11(2)24-14-7-3-12(4-8-14)16(21)20-13-5-9-15(10-6-13)25(22,23)17(18)19/h3-11,17H,1-2H3,(H,20,21). The number of benzene rings is 2. The van der Waals surface area contributed by atoms with Gasteiger partial charge in [0.25, 0.3) is 5.91 Å². The van der Waals surface area contributed by atoms with E-state index in [9.17, 15) is 22.0 Å². The summed E-state index contributed by atoms with van der Waals surface area (Å²) < 4.78 is 53.1. The van der Waals surface area contributed by atoms with E-state index in [1.807, 2.05) is 13.8 Å². The molecule has 0 aliphatic carbocycles. The Kier molecular flexibility index (Phi) is 5.73. The van der Waals surface area contributed by atoms with Gasteiger partial charge in [0.2, 0.25) is 9.84 Å². The summed E-state index contributed by atoms with van der Waals surface area (Å²) in [7, 11) is -4.65. The summed E-state index contributed by atoms with van der Waals surface area (Å²) in [6, 6.07) is 11.0. The number of amides is 1. The number of hydrogen-bond donors (Lipinski definition) is 1. The van der Waals surface area contributed by atoms with E-state index in [4.69, 9.17) is 4.74 Å². The molecule has 0 aliphatic rings. The number of carbonyl (C=O) groups is 1. The summed E-state index contributed by atoms with van der Waals surface area (Å²) >= 11 is 0. The van der Waals surface area contributed by atoms with Crippen molar-refractivity contribution in [2.75, 3.05) is 5.32 Å². The Hall–Kier alpha value is -2.48. The van der Waals surface area contributed by atoms with E-state index < -0.39 is 26.4 Å². The van der Waals surface area contributed by atoms with E-state index in [0.29, 0.717) is 17.0 Å². The van der Waals surface area contributed by atoms with Crippen molar-refractivity contribution >= 4 is 21.4 Å². The molecule has 8 heteroatoms. The van der Waals surface area contributed by atoms with Crippen molar-refractivity contribution in [2.24, 2.45) is 0 Å². The first-order chi connectivity index (χ1) is 11.7. The highest BCUT2D eigenvalue weighted by molar-refractivity contribution is 7.91. The van der Waals surface area contributed by atoms with Crippen LogP contribution in [0.2, 0.25) is 0 Å². The van der Waals surface area contributed by atoms with Crippen molar-refractivity contribution in [1.82, 2.24) is 0 Å². The summed E-state index contributed by atoms with van der Waals surface area (Å²) in [4.78, 5) is 11.6. The molecule has 0 heterocycles. The lowest BCUT2D eigenvalue weighted by molar-refractivity contribution is 0.102. The van der Waals surface area contributed by atoms with E-state index in [1.54, 1.807) is 24.3 Å². The van der Waals surface area contributed by atoms with Crippen LogP contribution in [-0.2, 0) is 9.84 Å². The van der Waals surface area contributed by atoms with Crippen molar-refractivity contribution in [3.63, 3.8) is 0 Å². The largest absolute Gasteiger partial charge is 0.491 e. The van der Waals surface area contributed by atoms with Crippen molar-refractivity contribution < 1.29 is 26.7 Å². The maximum absolute atomic E-state index is 12.5. The Morgan fingerprint density at radius 2 is 1.56 bits per heavy atom. The van der Waals surface area contributed by atoms with Crippen molar-refractivity contribution in [3.05, 3.63) is 54.1 Å². The van der Waals surface area contributed by atoms with Gasteiger partial charge in [0.1, 0.15) is 5.75 Å². The molecular weight excluding hydrogens is 352 g/mol. The fraction of sp³-hybridized carbons (Fsp3) is 0.235. The van der Waals surface area contributed by atoms with Gasteiger partial charge in [0, 0.05) is 11.3 Å². The highest BCUT2D eigenvalue weighted by atomic mass is 32.2. The number of rotatable bonds is 6. The van der Waals surface area contributed by atoms with E-state index in [2.05, 4.69) is 5.32 Å². The molecule has 0 fully saturated rings. The molecule has 2 aromatic rings. The Morgan fingerprint density at radius 3 is 2.04 bits per heavy atom. The number of anilines is 1. The van der Waals surface area contributed by atoms with Gasteiger partial charge < -0.3 is 10.1 Å². The van der Waals surface area contributed by atoms with Gasteiger partial charge in [-0.05, 0) is 62.4 Å². The van der Waals surface area contributed by atoms with Gasteiger partial charge in [0.05, 0.1) is 11.0 Å². The minimum Gasteiger partial charge on any atom is -0.491 e. The van der Waals surface area contributed by atoms with Gasteiger partial charge in [-0.15, -0.1) is 0 Å². The molecular formula is C17H17F2NO4S. The topological polar surface area (TPSA) is 72.5 Å². The first kappa shape index (κ1) is 18.9. The molecule has 0 aromatic heterocycles. The molecule has 0 bridgehead atoms. The zero-order chi connectivity index (χ0) is 18.6. The molecule has 0 radical (unpaired) electrons. The molecule has 0 aliphatic heterocycles. The van der Waals surface area contributed by atoms with Crippen molar-refractivity contribution in [2.45, 2.75) is 30.6 Å². The van der Waals surface area contributed by atoms with Crippen LogP contribution in [-0.4, -0.2) is 26.2 Å². The zero-order valence-electron chi connectivity index (χ0n) is 13.6. The molecule has 134 valence electrons. The van der Waals surface area contributed by atoms with Gasteiger partial charge in [0.15, 0.2) is 0 Å². The average Bonchev–Trinajstić information content (AvgIpc) is 2.55. The fourth-order valence-corrected chi connectivity index (χ4v) is 2.71. The first-order valence-electron chi connectivity index (χ1n) is 7.40. The number of carbonyl (C=O) groups excluding carboxylic acids is 1. The van der Waals surface area contributed by atoms with Crippen molar-refractivity contribution in [1.29, 1.82) is 0 Å². The van der Waals surface area contributed by atoms with E-state index in [0.717, 1.165) is 12.1 Å². The Morgan fingerprint density at radius 1 is 1.00 bits per heavy atom. The molecule has 0 saturated carbocycles. The van der Waals surface area contributed by atoms with E-state index in [1.165, 1.54) is 12.1 Å². The number of halogens is 2. The number of hydrogen-bond acceptors (Lipinski definition) is 4. The van der Waals surface area contributed by atoms with Gasteiger partial charge in [-0.25, -0.2) is 8.42 Å². The monoisotopic (exact) mass is 369 g/mol. The van der Waals surface area contributed by atoms with E-state index in [-0.39, 0.29) is 6.10 Å². The predicted molar refractivity (Wildman–Crippen MR) is 89.8 cm³/mol. The highest BCUT2D eigenvalue weighted by Gasteiger charge is 2.26. The highest BCUT2D eigenvalue weighted by Crippen LogP contribution is 2.21. The smallest absolute Gasteiger partial charge is 0.341 e. The Bertz CT molecular complexity index is 832. The third kappa shape index (κ3) is 4.76. The Balaban J connectivity index is 2.08. The van der Waals surface area contributed by atoms with Crippen LogP contribution in [0.1, 0.15) is 24.2 Å². The molecule has 0 atom stereocenters. The van der Waals surface area contributed by atoms with Crippen LogP contribution in [0.3, 0.4) is 0 Å². The number of alkyl halides is 2. The molecule has 2 aromatic carbocycles. The molecule has 25 heavy (non-hydrogen) atoms.